The Labute approximate surface area is 165 Å². The van der Waals surface area contributed by atoms with Gasteiger partial charge in [0.1, 0.15) is 5.54 Å². The fraction of sp³-hybridized carbons (Fsp3) is 0.909. The standard InChI is InChI=1S/C22H39N3O2/c1-3-24(4-2)16-11-17-25-20(26)22(23-21(25)27,18-12-7-5-8-13-18)19-14-9-6-10-15-19/h18-19H,3-17H2,1-2H3,(H,23,27). The molecule has 3 fully saturated rings. The third kappa shape index (κ3) is 4.18. The SMILES string of the molecule is CCN(CC)CCCN1C(=O)NC(C2CCCCC2)(C2CCCCC2)C1=O. The van der Waals surface area contributed by atoms with Crippen LogP contribution < -0.4 is 5.32 Å². The zero-order valence-electron chi connectivity index (χ0n) is 17.5. The predicted molar refractivity (Wildman–Crippen MR) is 109 cm³/mol. The number of nitrogens with zero attached hydrogens (tertiary/aromatic N) is 2. The van der Waals surface area contributed by atoms with E-state index in [-0.39, 0.29) is 11.9 Å². The second kappa shape index (κ2) is 9.40. The maximum absolute atomic E-state index is 13.7. The molecule has 3 amide bonds. The Morgan fingerprint density at radius 3 is 1.93 bits per heavy atom. The molecular formula is C22H39N3O2. The quantitative estimate of drug-likeness (QED) is 0.646. The fourth-order valence-corrected chi connectivity index (χ4v) is 5.81. The number of rotatable bonds is 8. The van der Waals surface area contributed by atoms with Crippen molar-refractivity contribution in [3.05, 3.63) is 0 Å². The smallest absolute Gasteiger partial charge is 0.323 e. The number of carbonyl (C=O) groups is 2. The van der Waals surface area contributed by atoms with Crippen LogP contribution in [-0.4, -0.2) is 53.5 Å². The van der Waals surface area contributed by atoms with Gasteiger partial charge in [0.2, 0.25) is 0 Å². The van der Waals surface area contributed by atoms with Crippen molar-refractivity contribution in [2.45, 2.75) is 90.0 Å². The first-order valence-corrected chi connectivity index (χ1v) is 11.5. The number of hydrogen-bond donors (Lipinski definition) is 1. The zero-order chi connectivity index (χ0) is 19.3. The molecule has 154 valence electrons. The summed E-state index contributed by atoms with van der Waals surface area (Å²) in [4.78, 5) is 30.5. The number of amides is 3. The normalized spacial score (nSPS) is 24.6. The van der Waals surface area contributed by atoms with E-state index >= 15 is 0 Å². The number of nitrogens with one attached hydrogen (secondary N) is 1. The van der Waals surface area contributed by atoms with Crippen LogP contribution in [0.4, 0.5) is 4.79 Å². The first kappa shape index (κ1) is 20.6. The van der Waals surface area contributed by atoms with Gasteiger partial charge in [-0.2, -0.15) is 0 Å². The molecule has 2 saturated carbocycles. The van der Waals surface area contributed by atoms with Gasteiger partial charge >= 0.3 is 6.03 Å². The van der Waals surface area contributed by atoms with Gasteiger partial charge in [0.15, 0.2) is 0 Å². The van der Waals surface area contributed by atoms with Gasteiger partial charge in [-0.05, 0) is 63.6 Å². The second-order valence-corrected chi connectivity index (χ2v) is 8.81. The van der Waals surface area contributed by atoms with E-state index in [1.54, 1.807) is 4.90 Å². The first-order chi connectivity index (χ1) is 13.1. The maximum Gasteiger partial charge on any atom is 0.325 e. The van der Waals surface area contributed by atoms with Gasteiger partial charge in [-0.3, -0.25) is 9.69 Å². The molecule has 27 heavy (non-hydrogen) atoms. The lowest BCUT2D eigenvalue weighted by atomic mass is 9.64. The minimum Gasteiger partial charge on any atom is -0.323 e. The summed E-state index contributed by atoms with van der Waals surface area (Å²) in [7, 11) is 0. The lowest BCUT2D eigenvalue weighted by molar-refractivity contribution is -0.137. The van der Waals surface area contributed by atoms with Crippen LogP contribution in [-0.2, 0) is 4.79 Å². The summed E-state index contributed by atoms with van der Waals surface area (Å²) in [5.41, 5.74) is -0.604. The van der Waals surface area contributed by atoms with Gasteiger partial charge in [-0.15, -0.1) is 0 Å². The average molecular weight is 378 g/mol. The van der Waals surface area contributed by atoms with Crippen LogP contribution >= 0.6 is 0 Å². The van der Waals surface area contributed by atoms with Crippen molar-refractivity contribution < 1.29 is 9.59 Å². The van der Waals surface area contributed by atoms with Crippen LogP contribution in [0.1, 0.15) is 84.5 Å². The van der Waals surface area contributed by atoms with Crippen LogP contribution in [0.25, 0.3) is 0 Å². The van der Waals surface area contributed by atoms with Crippen LogP contribution in [0, 0.1) is 11.8 Å². The first-order valence-electron chi connectivity index (χ1n) is 11.5. The summed E-state index contributed by atoms with van der Waals surface area (Å²) in [5, 5.41) is 3.30. The van der Waals surface area contributed by atoms with Gasteiger partial charge in [-0.25, -0.2) is 4.79 Å². The largest absolute Gasteiger partial charge is 0.325 e. The van der Waals surface area contributed by atoms with Crippen molar-refractivity contribution in [3.8, 4) is 0 Å². The van der Waals surface area contributed by atoms with Crippen molar-refractivity contribution >= 4 is 11.9 Å². The van der Waals surface area contributed by atoms with E-state index in [1.807, 2.05) is 0 Å². The zero-order valence-corrected chi connectivity index (χ0v) is 17.5. The number of carbonyl (C=O) groups excluding carboxylic acids is 2. The molecule has 1 heterocycles. The molecule has 0 bridgehead atoms. The van der Waals surface area contributed by atoms with Gasteiger partial charge in [-0.1, -0.05) is 52.4 Å². The molecule has 2 aliphatic carbocycles. The number of imide groups is 1. The van der Waals surface area contributed by atoms with Crippen molar-refractivity contribution in [1.29, 1.82) is 0 Å². The number of urea groups is 1. The molecule has 5 nitrogen and oxygen atoms in total. The topological polar surface area (TPSA) is 52.6 Å². The van der Waals surface area contributed by atoms with E-state index in [2.05, 4.69) is 24.1 Å². The molecule has 0 spiro atoms. The van der Waals surface area contributed by atoms with Crippen LogP contribution in [0.15, 0.2) is 0 Å². The number of hydrogen-bond acceptors (Lipinski definition) is 3. The Morgan fingerprint density at radius 1 is 0.926 bits per heavy atom. The maximum atomic E-state index is 13.7. The average Bonchev–Trinajstić information content (AvgIpc) is 2.98. The lowest BCUT2D eigenvalue weighted by Gasteiger charge is -2.44. The lowest BCUT2D eigenvalue weighted by Crippen LogP contribution is -2.59. The Morgan fingerprint density at radius 2 is 1.44 bits per heavy atom. The molecule has 1 N–H and O–H groups in total. The highest BCUT2D eigenvalue weighted by Gasteiger charge is 2.59. The Kier molecular flexibility index (Phi) is 7.18. The minimum absolute atomic E-state index is 0.103. The van der Waals surface area contributed by atoms with Crippen molar-refractivity contribution in [3.63, 3.8) is 0 Å². The molecule has 3 aliphatic rings. The van der Waals surface area contributed by atoms with Gasteiger partial charge in [0, 0.05) is 6.54 Å². The summed E-state index contributed by atoms with van der Waals surface area (Å²) < 4.78 is 0. The van der Waals surface area contributed by atoms with Crippen LogP contribution in [0.3, 0.4) is 0 Å². The second-order valence-electron chi connectivity index (χ2n) is 8.81. The summed E-state index contributed by atoms with van der Waals surface area (Å²) in [6.07, 6.45) is 12.6. The highest BCUT2D eigenvalue weighted by atomic mass is 16.2. The Balaban J connectivity index is 1.75. The molecule has 0 aromatic carbocycles. The molecule has 0 unspecified atom stereocenters. The third-order valence-corrected chi connectivity index (χ3v) is 7.41. The summed E-state index contributed by atoms with van der Waals surface area (Å²) >= 11 is 0. The molecule has 0 radical (unpaired) electrons. The highest BCUT2D eigenvalue weighted by molar-refractivity contribution is 6.07. The molecule has 0 atom stereocenters. The van der Waals surface area contributed by atoms with Crippen LogP contribution in [0.2, 0.25) is 0 Å². The monoisotopic (exact) mass is 377 g/mol. The third-order valence-electron chi connectivity index (χ3n) is 7.41. The summed E-state index contributed by atoms with van der Waals surface area (Å²) in [6.45, 7) is 7.87. The fourth-order valence-electron chi connectivity index (χ4n) is 5.81. The molecule has 5 heteroatoms. The summed E-state index contributed by atoms with van der Waals surface area (Å²) in [5.74, 6) is 0.767. The molecule has 1 aliphatic heterocycles. The van der Waals surface area contributed by atoms with E-state index in [4.69, 9.17) is 0 Å². The Bertz CT molecular complexity index is 488. The predicted octanol–water partition coefficient (Wildman–Crippen LogP) is 4.17. The highest BCUT2D eigenvalue weighted by Crippen LogP contribution is 2.46. The van der Waals surface area contributed by atoms with E-state index in [1.165, 1.54) is 38.5 Å². The van der Waals surface area contributed by atoms with E-state index in [0.717, 1.165) is 51.7 Å². The molecule has 1 saturated heterocycles. The van der Waals surface area contributed by atoms with Gasteiger partial charge in [0.25, 0.3) is 5.91 Å². The van der Waals surface area contributed by atoms with Crippen molar-refractivity contribution in [1.82, 2.24) is 15.1 Å². The summed E-state index contributed by atoms with van der Waals surface area (Å²) in [6, 6.07) is -0.129. The Hall–Kier alpha value is -1.10. The molecular weight excluding hydrogens is 338 g/mol. The minimum atomic E-state index is -0.604. The molecule has 0 aromatic heterocycles. The van der Waals surface area contributed by atoms with Crippen LogP contribution in [0.5, 0.6) is 0 Å². The van der Waals surface area contributed by atoms with E-state index < -0.39 is 5.54 Å². The van der Waals surface area contributed by atoms with Gasteiger partial charge in [0.05, 0.1) is 0 Å². The molecule has 0 aromatic rings. The van der Waals surface area contributed by atoms with Crippen molar-refractivity contribution in [2.24, 2.45) is 11.8 Å². The van der Waals surface area contributed by atoms with Gasteiger partial charge < -0.3 is 10.2 Å². The molecule has 3 rings (SSSR count). The van der Waals surface area contributed by atoms with Crippen molar-refractivity contribution in [2.75, 3.05) is 26.2 Å². The van der Waals surface area contributed by atoms with E-state index in [0.29, 0.717) is 18.4 Å². The van der Waals surface area contributed by atoms with E-state index in [9.17, 15) is 9.59 Å².